The minimum Gasteiger partial charge on any atom is -0.461 e. The van der Waals surface area contributed by atoms with E-state index in [4.69, 9.17) is 4.74 Å². The van der Waals surface area contributed by atoms with Crippen LogP contribution in [0.15, 0.2) is 24.5 Å². The number of rotatable bonds is 7. The van der Waals surface area contributed by atoms with Crippen LogP contribution in [0.2, 0.25) is 0 Å². The van der Waals surface area contributed by atoms with E-state index in [1.54, 1.807) is 37.1 Å². The molecule has 2 heterocycles. The number of pyridine rings is 1. The molecule has 0 fully saturated rings. The largest absolute Gasteiger partial charge is 0.461 e. The van der Waals surface area contributed by atoms with Crippen molar-refractivity contribution in [2.45, 2.75) is 13.8 Å². The lowest BCUT2D eigenvalue weighted by Gasteiger charge is -2.10. The Labute approximate surface area is 149 Å². The van der Waals surface area contributed by atoms with E-state index in [0.29, 0.717) is 15.8 Å². The van der Waals surface area contributed by atoms with Gasteiger partial charge in [0, 0.05) is 29.6 Å². The smallest absolute Gasteiger partial charge is 0.360 e. The molecule has 2 rings (SSSR count). The highest BCUT2D eigenvalue weighted by molar-refractivity contribution is 7.98. The molecule has 24 heavy (non-hydrogen) atoms. The fourth-order valence-corrected chi connectivity index (χ4v) is 3.51. The molecule has 1 unspecified atom stereocenters. The zero-order valence-corrected chi connectivity index (χ0v) is 15.4. The Balaban J connectivity index is 2.32. The Morgan fingerprint density at radius 1 is 1.46 bits per heavy atom. The van der Waals surface area contributed by atoms with E-state index in [2.05, 4.69) is 15.3 Å². The van der Waals surface area contributed by atoms with Crippen LogP contribution in [0.5, 0.6) is 0 Å². The third kappa shape index (κ3) is 4.55. The van der Waals surface area contributed by atoms with E-state index in [9.17, 15) is 9.59 Å². The predicted molar refractivity (Wildman–Crippen MR) is 97.5 cm³/mol. The molecule has 0 radical (unpaired) electrons. The average molecular weight is 365 g/mol. The minimum atomic E-state index is -0.545. The molecule has 0 saturated carbocycles. The van der Waals surface area contributed by atoms with Gasteiger partial charge >= 0.3 is 5.97 Å². The fourth-order valence-electron chi connectivity index (χ4n) is 1.92. The van der Waals surface area contributed by atoms with Gasteiger partial charge in [0.15, 0.2) is 5.69 Å². The molecule has 0 aliphatic rings. The summed E-state index contributed by atoms with van der Waals surface area (Å²) in [7, 11) is 0. The number of nitrogens with one attached hydrogen (secondary N) is 1. The first-order valence-electron chi connectivity index (χ1n) is 7.45. The van der Waals surface area contributed by atoms with Gasteiger partial charge < -0.3 is 10.1 Å². The number of anilines is 1. The number of nitrogens with zero attached hydrogens (tertiary/aromatic N) is 2. The number of carbonyl (C=O) groups is 2. The number of aromatic nitrogens is 2. The second kappa shape index (κ2) is 8.79. The summed E-state index contributed by atoms with van der Waals surface area (Å²) in [5.41, 5.74) is 0.913. The molecular formula is C16H19N3O3S2. The second-order valence-electron chi connectivity index (χ2n) is 5.00. The van der Waals surface area contributed by atoms with Gasteiger partial charge in [0.25, 0.3) is 0 Å². The van der Waals surface area contributed by atoms with Crippen molar-refractivity contribution in [2.24, 2.45) is 5.92 Å². The number of ether oxygens (including phenoxy) is 1. The van der Waals surface area contributed by atoms with E-state index >= 15 is 0 Å². The normalized spacial score (nSPS) is 11.8. The van der Waals surface area contributed by atoms with Crippen molar-refractivity contribution in [3.05, 3.63) is 30.2 Å². The van der Waals surface area contributed by atoms with E-state index in [0.717, 1.165) is 5.56 Å². The molecule has 2 aromatic rings. The summed E-state index contributed by atoms with van der Waals surface area (Å²) < 4.78 is 5.04. The van der Waals surface area contributed by atoms with Crippen LogP contribution < -0.4 is 5.32 Å². The summed E-state index contributed by atoms with van der Waals surface area (Å²) in [6, 6.07) is 3.64. The lowest BCUT2D eigenvalue weighted by Crippen LogP contribution is -2.22. The summed E-state index contributed by atoms with van der Waals surface area (Å²) in [6.07, 6.45) is 5.27. The van der Waals surface area contributed by atoms with Crippen LogP contribution in [0.1, 0.15) is 24.3 Å². The highest BCUT2D eigenvalue weighted by Crippen LogP contribution is 2.32. The average Bonchev–Trinajstić information content (AvgIpc) is 3.00. The monoisotopic (exact) mass is 365 g/mol. The molecule has 0 aliphatic carbocycles. The summed E-state index contributed by atoms with van der Waals surface area (Å²) in [5, 5.41) is 3.82. The van der Waals surface area contributed by atoms with E-state index < -0.39 is 5.97 Å². The topological polar surface area (TPSA) is 81.2 Å². The Morgan fingerprint density at radius 2 is 2.25 bits per heavy atom. The van der Waals surface area contributed by atoms with Crippen molar-refractivity contribution in [3.63, 3.8) is 0 Å². The van der Waals surface area contributed by atoms with Gasteiger partial charge in [-0.2, -0.15) is 11.8 Å². The van der Waals surface area contributed by atoms with Crippen LogP contribution in [0.3, 0.4) is 0 Å². The summed E-state index contributed by atoms with van der Waals surface area (Å²) >= 11 is 2.84. The first-order valence-corrected chi connectivity index (χ1v) is 9.66. The Hall–Kier alpha value is -1.93. The highest BCUT2D eigenvalue weighted by atomic mass is 32.2. The molecule has 6 nitrogen and oxygen atoms in total. The van der Waals surface area contributed by atoms with Crippen molar-refractivity contribution < 1.29 is 14.3 Å². The molecular weight excluding hydrogens is 346 g/mol. The maximum Gasteiger partial charge on any atom is 0.360 e. The lowest BCUT2D eigenvalue weighted by molar-refractivity contribution is -0.118. The van der Waals surface area contributed by atoms with E-state index in [-0.39, 0.29) is 24.1 Å². The molecule has 0 aliphatic heterocycles. The van der Waals surface area contributed by atoms with Gasteiger partial charge in [0.1, 0.15) is 10.0 Å². The van der Waals surface area contributed by atoms with Gasteiger partial charge in [0.2, 0.25) is 5.91 Å². The second-order valence-corrected chi connectivity index (χ2v) is 6.91. The molecule has 0 bridgehead atoms. The summed E-state index contributed by atoms with van der Waals surface area (Å²) in [5.74, 6) is -0.151. The molecule has 2 aromatic heterocycles. The molecule has 0 spiro atoms. The quantitative estimate of drug-likeness (QED) is 0.758. The van der Waals surface area contributed by atoms with E-state index in [1.165, 1.54) is 11.3 Å². The van der Waals surface area contributed by atoms with Crippen molar-refractivity contribution in [3.8, 4) is 10.6 Å². The van der Waals surface area contributed by atoms with Gasteiger partial charge in [-0.25, -0.2) is 9.78 Å². The van der Waals surface area contributed by atoms with Gasteiger partial charge in [0.05, 0.1) is 6.61 Å². The van der Waals surface area contributed by atoms with Crippen LogP contribution >= 0.6 is 23.1 Å². The number of carbonyl (C=O) groups excluding carboxylic acids is 2. The van der Waals surface area contributed by atoms with Crippen molar-refractivity contribution in [1.29, 1.82) is 0 Å². The molecule has 128 valence electrons. The maximum absolute atomic E-state index is 12.3. The van der Waals surface area contributed by atoms with Gasteiger partial charge in [-0.05, 0) is 25.3 Å². The van der Waals surface area contributed by atoms with Crippen LogP contribution in [-0.4, -0.2) is 40.5 Å². The van der Waals surface area contributed by atoms with Gasteiger partial charge in [-0.15, -0.1) is 0 Å². The number of amides is 1. The minimum absolute atomic E-state index is 0.130. The number of hydrogen-bond acceptors (Lipinski definition) is 7. The highest BCUT2D eigenvalue weighted by Gasteiger charge is 2.23. The Morgan fingerprint density at radius 3 is 2.88 bits per heavy atom. The molecule has 8 heteroatoms. The number of thiazole rings is 1. The zero-order chi connectivity index (χ0) is 17.5. The molecule has 0 saturated heterocycles. The third-order valence-corrected chi connectivity index (χ3v) is 4.96. The van der Waals surface area contributed by atoms with Crippen LogP contribution in [-0.2, 0) is 9.53 Å². The summed E-state index contributed by atoms with van der Waals surface area (Å²) in [6.45, 7) is 3.82. The predicted octanol–water partition coefficient (Wildman–Crippen LogP) is 3.32. The molecule has 1 amide bonds. The fraction of sp³-hybridized carbons (Fsp3) is 0.375. The Bertz CT molecular complexity index is 704. The summed E-state index contributed by atoms with van der Waals surface area (Å²) in [4.78, 5) is 32.8. The first kappa shape index (κ1) is 18.4. The zero-order valence-electron chi connectivity index (χ0n) is 13.7. The van der Waals surface area contributed by atoms with Crippen molar-refractivity contribution >= 4 is 40.0 Å². The van der Waals surface area contributed by atoms with Gasteiger partial charge in [-0.3, -0.25) is 9.78 Å². The molecule has 1 N–H and O–H groups in total. The standard InChI is InChI=1S/C16H19N3O3S2/c1-4-22-16(21)12-15(19-13(20)10(2)9-23-3)24-14(18-12)11-6-5-7-17-8-11/h5-8,10H,4,9H2,1-3H3,(H,19,20). The third-order valence-electron chi connectivity index (χ3n) is 3.11. The van der Waals surface area contributed by atoms with Gasteiger partial charge in [-0.1, -0.05) is 18.3 Å². The van der Waals surface area contributed by atoms with E-state index in [1.807, 2.05) is 19.2 Å². The van der Waals surface area contributed by atoms with Crippen molar-refractivity contribution in [1.82, 2.24) is 9.97 Å². The first-order chi connectivity index (χ1) is 11.6. The molecule has 0 aromatic carbocycles. The number of hydrogen-bond donors (Lipinski definition) is 1. The Kier molecular flexibility index (Phi) is 6.74. The maximum atomic E-state index is 12.3. The lowest BCUT2D eigenvalue weighted by atomic mass is 10.2. The number of esters is 1. The SMILES string of the molecule is CCOC(=O)c1nc(-c2cccnc2)sc1NC(=O)C(C)CSC. The van der Waals surface area contributed by atoms with Crippen LogP contribution in [0, 0.1) is 5.92 Å². The molecule has 1 atom stereocenters. The van der Waals surface area contributed by atoms with Crippen molar-refractivity contribution in [2.75, 3.05) is 23.9 Å². The van der Waals surface area contributed by atoms with Crippen LogP contribution in [0.25, 0.3) is 10.6 Å². The number of thioether (sulfide) groups is 1. The van der Waals surface area contributed by atoms with Crippen LogP contribution in [0.4, 0.5) is 5.00 Å².